The van der Waals surface area contributed by atoms with E-state index in [4.69, 9.17) is 13.5 Å². The highest BCUT2D eigenvalue weighted by Gasteiger charge is 2.21. The van der Waals surface area contributed by atoms with Gasteiger partial charge in [0.1, 0.15) is 11.3 Å². The van der Waals surface area contributed by atoms with E-state index in [1.807, 2.05) is 65.0 Å². The molecular formula is C35H39NO. The molecule has 0 aliphatic rings. The van der Waals surface area contributed by atoms with Gasteiger partial charge in [-0.3, -0.25) is 4.98 Å². The third-order valence-corrected chi connectivity index (χ3v) is 6.71. The second kappa shape index (κ2) is 9.17. The van der Waals surface area contributed by atoms with Gasteiger partial charge in [0.25, 0.3) is 0 Å². The van der Waals surface area contributed by atoms with Crippen LogP contribution >= 0.6 is 0 Å². The molecule has 2 aromatic heterocycles. The number of nitrogens with zero attached hydrogens (tertiary/aromatic N) is 1. The fourth-order valence-corrected chi connectivity index (χ4v) is 4.97. The lowest BCUT2D eigenvalue weighted by atomic mass is 9.82. The van der Waals surface area contributed by atoms with Crippen molar-refractivity contribution in [1.29, 1.82) is 0 Å². The van der Waals surface area contributed by atoms with Crippen LogP contribution in [0.2, 0.25) is 0 Å². The van der Waals surface area contributed by atoms with Crippen molar-refractivity contribution in [1.82, 2.24) is 4.98 Å². The van der Waals surface area contributed by atoms with E-state index in [1.54, 1.807) is 6.20 Å². The van der Waals surface area contributed by atoms with Gasteiger partial charge in [-0.1, -0.05) is 91.8 Å². The molecule has 0 saturated heterocycles. The van der Waals surface area contributed by atoms with Crippen LogP contribution in [0.1, 0.15) is 82.1 Å². The maximum absolute atomic E-state index is 8.85. The predicted molar refractivity (Wildman–Crippen MR) is 158 cm³/mol. The summed E-state index contributed by atoms with van der Waals surface area (Å²) < 4.78 is 32.7. The molecule has 2 heterocycles. The number of aromatic nitrogens is 1. The van der Waals surface area contributed by atoms with E-state index in [9.17, 15) is 0 Å². The maximum atomic E-state index is 8.85. The fraction of sp³-hybridized carbons (Fsp3) is 0.343. The van der Waals surface area contributed by atoms with Crippen LogP contribution in [-0.2, 0) is 11.8 Å². The Kier molecular flexibility index (Phi) is 5.37. The normalized spacial score (nSPS) is 14.5. The van der Waals surface area contributed by atoms with E-state index in [1.165, 1.54) is 16.3 Å². The number of hydrogen-bond donors (Lipinski definition) is 0. The van der Waals surface area contributed by atoms with Gasteiger partial charge in [-0.05, 0) is 80.9 Å². The van der Waals surface area contributed by atoms with Crippen molar-refractivity contribution < 1.29 is 8.53 Å². The molecule has 2 heteroatoms. The summed E-state index contributed by atoms with van der Waals surface area (Å²) in [7, 11) is 0. The van der Waals surface area contributed by atoms with E-state index in [0.717, 1.165) is 27.8 Å². The molecule has 0 aliphatic carbocycles. The van der Waals surface area contributed by atoms with Gasteiger partial charge < -0.3 is 4.42 Å². The van der Waals surface area contributed by atoms with Crippen LogP contribution in [0, 0.1) is 5.41 Å². The highest BCUT2D eigenvalue weighted by Crippen LogP contribution is 2.38. The fourth-order valence-electron chi connectivity index (χ4n) is 4.97. The largest absolute Gasteiger partial charge is 0.456 e. The third kappa shape index (κ3) is 5.21. The second-order valence-electron chi connectivity index (χ2n) is 12.3. The second-order valence-corrected chi connectivity index (χ2v) is 12.3. The van der Waals surface area contributed by atoms with Crippen molar-refractivity contribution in [2.45, 2.75) is 73.1 Å². The molecular weight excluding hydrogens is 450 g/mol. The molecule has 37 heavy (non-hydrogen) atoms. The van der Waals surface area contributed by atoms with Gasteiger partial charge in [-0.2, -0.15) is 0 Å². The maximum Gasteiger partial charge on any atom is 0.135 e. The summed E-state index contributed by atoms with van der Waals surface area (Å²) in [6, 6.07) is 22.5. The van der Waals surface area contributed by atoms with E-state index >= 15 is 0 Å². The van der Waals surface area contributed by atoms with Gasteiger partial charge in [0.05, 0.1) is 5.69 Å². The summed E-state index contributed by atoms with van der Waals surface area (Å²) >= 11 is 0. The van der Waals surface area contributed by atoms with Gasteiger partial charge in [0.15, 0.2) is 0 Å². The van der Waals surface area contributed by atoms with Gasteiger partial charge in [-0.15, -0.1) is 0 Å². The Morgan fingerprint density at radius 3 is 2.35 bits per heavy atom. The molecule has 0 spiro atoms. The number of hydrogen-bond acceptors (Lipinski definition) is 2. The molecule has 5 aromatic rings. The molecule has 5 rings (SSSR count). The van der Waals surface area contributed by atoms with Crippen molar-refractivity contribution in [2.75, 3.05) is 0 Å². The van der Waals surface area contributed by atoms with Crippen molar-refractivity contribution in [3.8, 4) is 22.6 Å². The van der Waals surface area contributed by atoms with Crippen LogP contribution in [0.25, 0.3) is 44.3 Å². The highest BCUT2D eigenvalue weighted by atomic mass is 16.3. The standard InChI is InChI=1S/C35H39NO/c1-22(2)29-21-36-31(26-16-24-11-9-10-12-27(24)30(17-26)35(6,7)8)19-28(29)33-18-25-14-13-23(15-32(25)37-33)20-34(3,4)5/h9-19,21-22H,20H2,1-8H3/i20D2,22D. The molecule has 0 atom stereocenters. The van der Waals surface area contributed by atoms with E-state index in [-0.39, 0.29) is 5.41 Å². The summed E-state index contributed by atoms with van der Waals surface area (Å²) in [6.07, 6.45) is 0.285. The van der Waals surface area contributed by atoms with Crippen LogP contribution in [-0.4, -0.2) is 4.98 Å². The first-order valence-corrected chi connectivity index (χ1v) is 13.1. The number of fused-ring (bicyclic) bond motifs is 2. The highest BCUT2D eigenvalue weighted by molar-refractivity contribution is 5.91. The summed E-state index contributed by atoms with van der Waals surface area (Å²) in [6.45, 7) is 16.1. The quantitative estimate of drug-likeness (QED) is 0.249. The van der Waals surface area contributed by atoms with Crippen molar-refractivity contribution in [2.24, 2.45) is 5.41 Å². The third-order valence-electron chi connectivity index (χ3n) is 6.71. The Balaban J connectivity index is 1.70. The topological polar surface area (TPSA) is 26.0 Å². The minimum absolute atomic E-state index is 0.0457. The monoisotopic (exact) mass is 492 g/mol. The average molecular weight is 493 g/mol. The first kappa shape index (κ1) is 21.7. The molecule has 0 aliphatic heterocycles. The van der Waals surface area contributed by atoms with E-state index in [0.29, 0.717) is 16.9 Å². The van der Waals surface area contributed by atoms with Crippen LogP contribution in [0.4, 0.5) is 0 Å². The zero-order chi connectivity index (χ0) is 29.3. The van der Waals surface area contributed by atoms with E-state index < -0.39 is 17.7 Å². The average Bonchev–Trinajstić information content (AvgIpc) is 3.29. The molecule has 0 saturated carbocycles. The van der Waals surface area contributed by atoms with Crippen LogP contribution in [0.5, 0.6) is 0 Å². The summed E-state index contributed by atoms with van der Waals surface area (Å²) in [5.41, 5.74) is 5.33. The summed E-state index contributed by atoms with van der Waals surface area (Å²) in [4.78, 5) is 4.85. The summed E-state index contributed by atoms with van der Waals surface area (Å²) in [5, 5.41) is 3.31. The zero-order valence-corrected chi connectivity index (χ0v) is 23.3. The van der Waals surface area contributed by atoms with Gasteiger partial charge in [-0.25, -0.2) is 0 Å². The molecule has 0 fully saturated rings. The Morgan fingerprint density at radius 1 is 0.892 bits per heavy atom. The lowest BCUT2D eigenvalue weighted by Crippen LogP contribution is -2.12. The van der Waals surface area contributed by atoms with Crippen molar-refractivity contribution >= 4 is 21.7 Å². The molecule has 0 radical (unpaired) electrons. The number of pyridine rings is 1. The Labute approximate surface area is 226 Å². The SMILES string of the molecule is [2H]C(C)(C)c1cnc(-c2cc(C(C)(C)C)c3ccccc3c2)cc1-c1cc2ccc(C([2H])([2H])C(C)(C)C)cc2o1. The molecule has 190 valence electrons. The molecule has 2 nitrogen and oxygen atoms in total. The Bertz CT molecular complexity index is 1730. The first-order valence-electron chi connectivity index (χ1n) is 14.6. The molecule has 0 amide bonds. The predicted octanol–water partition coefficient (Wildman–Crippen LogP) is 10.3. The molecule has 3 aromatic carbocycles. The van der Waals surface area contributed by atoms with Crippen molar-refractivity contribution in [3.05, 3.63) is 89.6 Å². The minimum Gasteiger partial charge on any atom is -0.456 e. The van der Waals surface area contributed by atoms with Crippen LogP contribution in [0.3, 0.4) is 0 Å². The molecule has 0 bridgehead atoms. The van der Waals surface area contributed by atoms with Crippen LogP contribution in [0.15, 0.2) is 77.3 Å². The van der Waals surface area contributed by atoms with Gasteiger partial charge in [0.2, 0.25) is 0 Å². The Morgan fingerprint density at radius 2 is 1.65 bits per heavy atom. The lowest BCUT2D eigenvalue weighted by Gasteiger charge is -2.23. The molecule has 0 unspecified atom stereocenters. The van der Waals surface area contributed by atoms with Gasteiger partial charge in [0, 0.05) is 26.8 Å². The smallest absolute Gasteiger partial charge is 0.135 e. The number of rotatable bonds is 4. The molecule has 0 N–H and O–H groups in total. The first-order chi connectivity index (χ1) is 18.5. The number of benzene rings is 3. The van der Waals surface area contributed by atoms with Crippen molar-refractivity contribution in [3.63, 3.8) is 0 Å². The Hall–Kier alpha value is -3.39. The van der Waals surface area contributed by atoms with Gasteiger partial charge >= 0.3 is 0 Å². The number of furan rings is 1. The lowest BCUT2D eigenvalue weighted by molar-refractivity contribution is 0.411. The van der Waals surface area contributed by atoms with E-state index in [2.05, 4.69) is 57.2 Å². The zero-order valence-electron chi connectivity index (χ0n) is 26.3. The summed E-state index contributed by atoms with van der Waals surface area (Å²) in [5.74, 6) is -0.242. The minimum atomic E-state index is -1.52. The van der Waals surface area contributed by atoms with Crippen LogP contribution < -0.4 is 0 Å².